The van der Waals surface area contributed by atoms with E-state index in [1.807, 2.05) is 6.08 Å². The van der Waals surface area contributed by atoms with E-state index in [0.29, 0.717) is 12.8 Å². The van der Waals surface area contributed by atoms with Gasteiger partial charge < -0.3 is 40.3 Å². The molecule has 0 aliphatic carbocycles. The smallest absolute Gasteiger partial charge is 0.220 e. The van der Waals surface area contributed by atoms with E-state index in [1.165, 1.54) is 173 Å². The van der Waals surface area contributed by atoms with Crippen molar-refractivity contribution in [2.75, 3.05) is 13.2 Å². The molecule has 9 heteroatoms. The molecule has 1 rings (SSSR count). The van der Waals surface area contributed by atoms with Crippen molar-refractivity contribution in [2.24, 2.45) is 0 Å². The Kier molecular flexibility index (Phi) is 54.7. The normalized spacial score (nSPS) is 19.2. The number of hydrogen-bond donors (Lipinski definition) is 6. The van der Waals surface area contributed by atoms with Crippen molar-refractivity contribution in [2.45, 2.75) is 326 Å². The number of unbranched alkanes of at least 4 members (excludes halogenated alkanes) is 32. The first-order valence-electron chi connectivity index (χ1n) is 33.0. The van der Waals surface area contributed by atoms with Gasteiger partial charge in [0.05, 0.1) is 25.4 Å². The monoisotopic (exact) mass is 1110 g/mol. The highest BCUT2D eigenvalue weighted by Crippen LogP contribution is 2.23. The van der Waals surface area contributed by atoms with Crippen molar-refractivity contribution >= 4 is 5.91 Å². The molecule has 456 valence electrons. The Balaban J connectivity index is 2.20. The number of carbonyl (C=O) groups excluding carboxylic acids is 1. The lowest BCUT2D eigenvalue weighted by atomic mass is 9.99. The SMILES string of the molecule is CC/C=C\C/C=C\C/C=C\C/C=C\C/C=C\C/C=C\CCCCCCC(=O)NC(COC1OC(CO)C(O)C(O)C1O)C(O)/C=C/CC/C=C/CCCCCCCCCCCCCCCCCCCCCCCCCCCCC. The van der Waals surface area contributed by atoms with Crippen molar-refractivity contribution in [3.05, 3.63) is 97.2 Å². The summed E-state index contributed by atoms with van der Waals surface area (Å²) < 4.78 is 11.3. The van der Waals surface area contributed by atoms with E-state index in [1.54, 1.807) is 6.08 Å². The quantitative estimate of drug-likeness (QED) is 0.0261. The third kappa shape index (κ3) is 47.3. The van der Waals surface area contributed by atoms with E-state index in [9.17, 15) is 30.3 Å². The third-order valence-corrected chi connectivity index (χ3v) is 15.1. The summed E-state index contributed by atoms with van der Waals surface area (Å²) in [6, 6.07) is -0.844. The highest BCUT2D eigenvalue weighted by atomic mass is 16.7. The average molecular weight is 1110 g/mol. The molecule has 0 aromatic carbocycles. The van der Waals surface area contributed by atoms with Crippen LogP contribution in [0.25, 0.3) is 0 Å². The number of ether oxygens (including phenoxy) is 2. The van der Waals surface area contributed by atoms with Gasteiger partial charge in [0.2, 0.25) is 5.91 Å². The largest absolute Gasteiger partial charge is 0.394 e. The van der Waals surface area contributed by atoms with Crippen molar-refractivity contribution in [3.8, 4) is 0 Å². The van der Waals surface area contributed by atoms with Crippen LogP contribution in [0.2, 0.25) is 0 Å². The molecule has 79 heavy (non-hydrogen) atoms. The van der Waals surface area contributed by atoms with Crippen molar-refractivity contribution in [1.82, 2.24) is 5.32 Å². The van der Waals surface area contributed by atoms with Crippen LogP contribution in [-0.4, -0.2) is 87.5 Å². The van der Waals surface area contributed by atoms with Gasteiger partial charge in [0, 0.05) is 6.42 Å². The maximum Gasteiger partial charge on any atom is 0.220 e. The molecule has 1 aliphatic heterocycles. The third-order valence-electron chi connectivity index (χ3n) is 15.1. The van der Waals surface area contributed by atoms with Gasteiger partial charge in [-0.1, -0.05) is 291 Å². The number of carbonyl (C=O) groups is 1. The summed E-state index contributed by atoms with van der Waals surface area (Å²) in [5.41, 5.74) is 0. The van der Waals surface area contributed by atoms with Gasteiger partial charge in [0.25, 0.3) is 0 Å². The van der Waals surface area contributed by atoms with Crippen LogP contribution in [0, 0.1) is 0 Å². The van der Waals surface area contributed by atoms with Crippen LogP contribution >= 0.6 is 0 Å². The lowest BCUT2D eigenvalue weighted by Crippen LogP contribution is -2.60. The maximum atomic E-state index is 13.1. The Bertz CT molecular complexity index is 1560. The van der Waals surface area contributed by atoms with Crippen LogP contribution in [0.4, 0.5) is 0 Å². The maximum absolute atomic E-state index is 13.1. The molecule has 0 saturated carbocycles. The Hall–Kier alpha value is -2.89. The van der Waals surface area contributed by atoms with Gasteiger partial charge in [0.15, 0.2) is 6.29 Å². The number of hydrogen-bond acceptors (Lipinski definition) is 8. The minimum Gasteiger partial charge on any atom is -0.394 e. The summed E-state index contributed by atoms with van der Waals surface area (Å²) in [7, 11) is 0. The molecule has 1 aliphatic rings. The second-order valence-electron chi connectivity index (χ2n) is 22.5. The molecule has 0 aromatic rings. The van der Waals surface area contributed by atoms with E-state index >= 15 is 0 Å². The van der Waals surface area contributed by atoms with Crippen LogP contribution < -0.4 is 5.32 Å². The zero-order chi connectivity index (χ0) is 57.2. The molecular weight excluding hydrogens is 983 g/mol. The first kappa shape index (κ1) is 74.1. The Morgan fingerprint density at radius 3 is 1.22 bits per heavy atom. The number of allylic oxidation sites excluding steroid dienone is 15. The molecule has 7 unspecified atom stereocenters. The van der Waals surface area contributed by atoms with Crippen LogP contribution in [-0.2, 0) is 14.3 Å². The van der Waals surface area contributed by atoms with Gasteiger partial charge in [-0.15, -0.1) is 0 Å². The van der Waals surface area contributed by atoms with Crippen molar-refractivity contribution < 1.29 is 39.8 Å². The van der Waals surface area contributed by atoms with Gasteiger partial charge in [-0.3, -0.25) is 4.79 Å². The predicted octanol–water partition coefficient (Wildman–Crippen LogP) is 17.5. The zero-order valence-electron chi connectivity index (χ0n) is 50.9. The van der Waals surface area contributed by atoms with Crippen LogP contribution in [0.5, 0.6) is 0 Å². The van der Waals surface area contributed by atoms with Crippen molar-refractivity contribution in [3.63, 3.8) is 0 Å². The van der Waals surface area contributed by atoms with Crippen molar-refractivity contribution in [1.29, 1.82) is 0 Å². The molecular formula is C70H123NO8. The Labute approximate surface area is 485 Å². The first-order chi connectivity index (χ1) is 38.8. The summed E-state index contributed by atoms with van der Waals surface area (Å²) in [6.45, 7) is 3.65. The molecule has 0 spiro atoms. The minimum absolute atomic E-state index is 0.212. The van der Waals surface area contributed by atoms with Gasteiger partial charge >= 0.3 is 0 Å². The number of aliphatic hydroxyl groups is 5. The van der Waals surface area contributed by atoms with Gasteiger partial charge in [-0.05, 0) is 83.5 Å². The number of nitrogens with one attached hydrogen (secondary N) is 1. The average Bonchev–Trinajstić information content (AvgIpc) is 3.47. The molecule has 0 aromatic heterocycles. The molecule has 1 saturated heterocycles. The van der Waals surface area contributed by atoms with Crippen LogP contribution in [0.3, 0.4) is 0 Å². The fourth-order valence-electron chi connectivity index (χ4n) is 10.0. The topological polar surface area (TPSA) is 149 Å². The van der Waals surface area contributed by atoms with E-state index in [-0.39, 0.29) is 12.5 Å². The molecule has 9 nitrogen and oxygen atoms in total. The van der Waals surface area contributed by atoms with E-state index in [0.717, 1.165) is 83.5 Å². The fourth-order valence-corrected chi connectivity index (χ4v) is 10.0. The van der Waals surface area contributed by atoms with E-state index in [2.05, 4.69) is 104 Å². The highest BCUT2D eigenvalue weighted by Gasteiger charge is 2.44. The van der Waals surface area contributed by atoms with Gasteiger partial charge in [-0.2, -0.15) is 0 Å². The predicted molar refractivity (Wildman–Crippen MR) is 336 cm³/mol. The van der Waals surface area contributed by atoms with Crippen LogP contribution in [0.15, 0.2) is 97.2 Å². The van der Waals surface area contributed by atoms with E-state index in [4.69, 9.17) is 9.47 Å². The lowest BCUT2D eigenvalue weighted by molar-refractivity contribution is -0.302. The molecule has 1 fully saturated rings. The number of rotatable bonds is 56. The molecule has 1 amide bonds. The molecule has 7 atom stereocenters. The Morgan fingerprint density at radius 2 is 0.797 bits per heavy atom. The second kappa shape index (κ2) is 58.3. The molecule has 1 heterocycles. The minimum atomic E-state index is -1.58. The summed E-state index contributed by atoms with van der Waals surface area (Å²) in [5.74, 6) is -0.212. The highest BCUT2D eigenvalue weighted by molar-refractivity contribution is 5.76. The Morgan fingerprint density at radius 1 is 0.443 bits per heavy atom. The molecule has 0 radical (unpaired) electrons. The fraction of sp³-hybridized carbons (Fsp3) is 0.757. The summed E-state index contributed by atoms with van der Waals surface area (Å²) in [6.07, 6.45) is 77.9. The number of amides is 1. The standard InChI is InChI=1S/C70H123NO8/c1-3-5-7-9-11-13-15-17-19-21-23-25-27-28-29-30-31-32-33-34-35-36-38-39-41-43-45-47-49-51-53-55-57-59-64(73)63(62-78-70-69(77)68(76)67(75)65(61-72)79-70)71-66(74)60-58-56-54-52-50-48-46-44-42-40-37-26-24-22-20-18-16-14-12-10-8-6-4-2/h6,8,12,14,18,20,24,26,40,42,46,48-49,51,57,59,63-65,67-70,72-73,75-77H,3-5,7,9-11,13,15-17,19,21-23,25,27-39,41,43-45,47,50,52-56,58,60-62H2,1-2H3,(H,71,74)/b8-6-,14-12-,20-18-,26-24-,42-40-,48-46-,51-49+,59-57+. The molecule has 6 N–H and O–H groups in total. The van der Waals surface area contributed by atoms with E-state index < -0.39 is 49.5 Å². The lowest BCUT2D eigenvalue weighted by Gasteiger charge is -2.40. The number of aliphatic hydroxyl groups excluding tert-OH is 5. The van der Waals surface area contributed by atoms with Crippen LogP contribution in [0.1, 0.15) is 284 Å². The first-order valence-corrected chi connectivity index (χ1v) is 33.0. The molecule has 0 bridgehead atoms. The summed E-state index contributed by atoms with van der Waals surface area (Å²) >= 11 is 0. The van der Waals surface area contributed by atoms with Gasteiger partial charge in [0.1, 0.15) is 24.4 Å². The summed E-state index contributed by atoms with van der Waals surface area (Å²) in [4.78, 5) is 13.1. The second-order valence-corrected chi connectivity index (χ2v) is 22.5. The van der Waals surface area contributed by atoms with Gasteiger partial charge in [-0.25, -0.2) is 0 Å². The summed E-state index contributed by atoms with van der Waals surface area (Å²) in [5, 5.41) is 54.6. The zero-order valence-corrected chi connectivity index (χ0v) is 50.9.